The summed E-state index contributed by atoms with van der Waals surface area (Å²) in [5.41, 5.74) is 3.36. The molecule has 0 saturated heterocycles. The third-order valence-corrected chi connectivity index (χ3v) is 4.57. The molecule has 27 heavy (non-hydrogen) atoms. The highest BCUT2D eigenvalue weighted by atomic mass is 16.6. The number of benzene rings is 2. The van der Waals surface area contributed by atoms with Crippen LogP contribution in [0.2, 0.25) is 0 Å². The fraction of sp³-hybridized carbons (Fsp3) is 0.100. The third-order valence-electron chi connectivity index (χ3n) is 4.57. The van der Waals surface area contributed by atoms with Gasteiger partial charge in [0.15, 0.2) is 0 Å². The summed E-state index contributed by atoms with van der Waals surface area (Å²) in [6.45, 7) is 3.75. The maximum absolute atomic E-state index is 13.2. The van der Waals surface area contributed by atoms with Gasteiger partial charge < -0.3 is 4.98 Å². The fourth-order valence-corrected chi connectivity index (χ4v) is 3.35. The van der Waals surface area contributed by atoms with Crippen molar-refractivity contribution in [1.82, 2.24) is 14.8 Å². The first-order valence-corrected chi connectivity index (χ1v) is 8.40. The van der Waals surface area contributed by atoms with E-state index in [-0.39, 0.29) is 11.2 Å². The minimum atomic E-state index is -0.446. The van der Waals surface area contributed by atoms with Crippen molar-refractivity contribution in [2.75, 3.05) is 0 Å². The number of aromatic nitrogens is 3. The van der Waals surface area contributed by atoms with Crippen molar-refractivity contribution in [1.29, 1.82) is 0 Å². The number of nitrogens with one attached hydrogen (secondary N) is 1. The Morgan fingerprint density at radius 3 is 2.30 bits per heavy atom. The first-order valence-electron chi connectivity index (χ1n) is 8.40. The molecule has 0 atom stereocenters. The molecule has 7 heteroatoms. The second-order valence-electron chi connectivity index (χ2n) is 6.32. The summed E-state index contributed by atoms with van der Waals surface area (Å²) in [4.78, 5) is 26.9. The summed E-state index contributed by atoms with van der Waals surface area (Å²) in [6.07, 6.45) is 0. The zero-order valence-corrected chi connectivity index (χ0v) is 14.8. The Balaban J connectivity index is 2.01. The molecular weight excluding hydrogens is 344 g/mol. The van der Waals surface area contributed by atoms with Crippen LogP contribution in [0.3, 0.4) is 0 Å². The monoisotopic (exact) mass is 360 g/mol. The van der Waals surface area contributed by atoms with Crippen molar-refractivity contribution in [3.05, 3.63) is 86.5 Å². The molecule has 0 saturated carbocycles. The molecule has 7 nitrogen and oxygen atoms in total. The molecule has 1 N–H and O–H groups in total. The van der Waals surface area contributed by atoms with E-state index in [1.807, 2.05) is 44.2 Å². The number of rotatable bonds is 3. The molecule has 0 aliphatic carbocycles. The van der Waals surface area contributed by atoms with Crippen LogP contribution in [0.5, 0.6) is 0 Å². The van der Waals surface area contributed by atoms with Crippen LogP contribution in [0.1, 0.15) is 11.4 Å². The number of hydrogen-bond donors (Lipinski definition) is 1. The molecule has 0 aliphatic heterocycles. The Bertz CT molecular complexity index is 1220. The first kappa shape index (κ1) is 16.7. The highest BCUT2D eigenvalue weighted by molar-refractivity contribution is 5.98. The van der Waals surface area contributed by atoms with Crippen molar-refractivity contribution < 1.29 is 4.92 Å². The van der Waals surface area contributed by atoms with Gasteiger partial charge in [-0.15, -0.1) is 0 Å². The summed E-state index contributed by atoms with van der Waals surface area (Å²) < 4.78 is 1.39. The zero-order chi connectivity index (χ0) is 19.1. The minimum absolute atomic E-state index is 0.00544. The Kier molecular flexibility index (Phi) is 3.84. The topological polar surface area (TPSA) is 93.8 Å². The van der Waals surface area contributed by atoms with Crippen LogP contribution in [-0.2, 0) is 0 Å². The number of nitrogens with zero attached hydrogens (tertiary/aromatic N) is 3. The highest BCUT2D eigenvalue weighted by Gasteiger charge is 2.19. The maximum atomic E-state index is 13.2. The van der Waals surface area contributed by atoms with E-state index in [4.69, 9.17) is 0 Å². The number of nitro benzene ring substituents is 1. The lowest BCUT2D eigenvalue weighted by Crippen LogP contribution is -2.22. The van der Waals surface area contributed by atoms with Crippen molar-refractivity contribution in [3.63, 3.8) is 0 Å². The largest absolute Gasteiger partial charge is 0.357 e. The molecule has 2 aromatic heterocycles. The quantitative estimate of drug-likeness (QED) is 0.443. The van der Waals surface area contributed by atoms with E-state index < -0.39 is 4.92 Å². The van der Waals surface area contributed by atoms with Gasteiger partial charge in [0.25, 0.3) is 11.2 Å². The molecule has 4 aromatic rings. The van der Waals surface area contributed by atoms with E-state index in [0.717, 1.165) is 16.8 Å². The van der Waals surface area contributed by atoms with Gasteiger partial charge in [0.1, 0.15) is 0 Å². The number of para-hydroxylation sites is 1. The molecule has 4 rings (SSSR count). The van der Waals surface area contributed by atoms with Gasteiger partial charge in [-0.25, -0.2) is 0 Å². The first-order chi connectivity index (χ1) is 13.0. The van der Waals surface area contributed by atoms with Crippen LogP contribution in [-0.4, -0.2) is 19.7 Å². The molecule has 0 spiro atoms. The molecule has 134 valence electrons. The van der Waals surface area contributed by atoms with Crippen LogP contribution in [0.15, 0.2) is 59.4 Å². The minimum Gasteiger partial charge on any atom is -0.357 e. The lowest BCUT2D eigenvalue weighted by atomic mass is 10.1. The molecule has 0 radical (unpaired) electrons. The molecule has 2 aromatic carbocycles. The third kappa shape index (κ3) is 2.69. The maximum Gasteiger partial charge on any atom is 0.281 e. The van der Waals surface area contributed by atoms with E-state index in [0.29, 0.717) is 22.3 Å². The SMILES string of the molecule is Cc1nn(-c2ccccc2)c(=O)c2c(-c3ccc([N+](=O)[O-])cc3)[nH]c(C)c12. The van der Waals surface area contributed by atoms with E-state index in [9.17, 15) is 14.9 Å². The van der Waals surface area contributed by atoms with Crippen molar-refractivity contribution >= 4 is 16.5 Å². The number of nitro groups is 1. The van der Waals surface area contributed by atoms with Gasteiger partial charge >= 0.3 is 0 Å². The van der Waals surface area contributed by atoms with Gasteiger partial charge in [-0.05, 0) is 43.7 Å². The van der Waals surface area contributed by atoms with Crippen molar-refractivity contribution in [2.45, 2.75) is 13.8 Å². The number of aryl methyl sites for hydroxylation is 2. The number of hydrogen-bond acceptors (Lipinski definition) is 4. The molecule has 0 fully saturated rings. The summed E-state index contributed by atoms with van der Waals surface area (Å²) in [6, 6.07) is 15.4. The van der Waals surface area contributed by atoms with Gasteiger partial charge in [0.05, 0.1) is 27.4 Å². The predicted molar refractivity (Wildman–Crippen MR) is 103 cm³/mol. The zero-order valence-electron chi connectivity index (χ0n) is 14.8. The van der Waals surface area contributed by atoms with Crippen LogP contribution in [0.25, 0.3) is 27.7 Å². The summed E-state index contributed by atoms with van der Waals surface area (Å²) in [5.74, 6) is 0. The van der Waals surface area contributed by atoms with E-state index in [2.05, 4.69) is 10.1 Å². The van der Waals surface area contributed by atoms with E-state index >= 15 is 0 Å². The second-order valence-corrected chi connectivity index (χ2v) is 6.32. The average Bonchev–Trinajstić information content (AvgIpc) is 3.03. The van der Waals surface area contributed by atoms with Crippen LogP contribution in [0.4, 0.5) is 5.69 Å². The Morgan fingerprint density at radius 1 is 1.00 bits per heavy atom. The highest BCUT2D eigenvalue weighted by Crippen LogP contribution is 2.30. The van der Waals surface area contributed by atoms with Gasteiger partial charge in [-0.3, -0.25) is 14.9 Å². The number of aromatic amines is 1. The number of H-pyrrole nitrogens is 1. The van der Waals surface area contributed by atoms with Gasteiger partial charge in [0, 0.05) is 23.2 Å². The number of non-ortho nitro benzene ring substituents is 1. The van der Waals surface area contributed by atoms with Crippen molar-refractivity contribution in [2.24, 2.45) is 0 Å². The molecule has 0 unspecified atom stereocenters. The molecule has 2 heterocycles. The summed E-state index contributed by atoms with van der Waals surface area (Å²) in [5, 5.41) is 16.7. The normalized spacial score (nSPS) is 11.0. The van der Waals surface area contributed by atoms with E-state index in [1.54, 1.807) is 12.1 Å². The average molecular weight is 360 g/mol. The second kappa shape index (κ2) is 6.21. The van der Waals surface area contributed by atoms with Crippen LogP contribution in [0, 0.1) is 24.0 Å². The molecule has 0 aliphatic rings. The smallest absolute Gasteiger partial charge is 0.281 e. The van der Waals surface area contributed by atoms with Gasteiger partial charge in [-0.2, -0.15) is 9.78 Å². The standard InChI is InChI=1S/C20H16N4O3/c1-12-17-13(2)22-23(15-6-4-3-5-7-15)20(25)18(17)19(21-12)14-8-10-16(11-9-14)24(26)27/h3-11,21H,1-2H3. The lowest BCUT2D eigenvalue weighted by molar-refractivity contribution is -0.384. The van der Waals surface area contributed by atoms with Crippen LogP contribution >= 0.6 is 0 Å². The molecule has 0 bridgehead atoms. The van der Waals surface area contributed by atoms with Crippen LogP contribution < -0.4 is 5.56 Å². The van der Waals surface area contributed by atoms with Gasteiger partial charge in [-0.1, -0.05) is 18.2 Å². The molecular formula is C20H16N4O3. The Hall–Kier alpha value is -3.74. The lowest BCUT2D eigenvalue weighted by Gasteiger charge is -2.08. The Morgan fingerprint density at radius 2 is 1.67 bits per heavy atom. The molecule has 0 amide bonds. The Labute approximate surface area is 154 Å². The number of fused-ring (bicyclic) bond motifs is 1. The summed E-state index contributed by atoms with van der Waals surface area (Å²) >= 11 is 0. The summed E-state index contributed by atoms with van der Waals surface area (Å²) in [7, 11) is 0. The van der Waals surface area contributed by atoms with E-state index in [1.165, 1.54) is 16.8 Å². The van der Waals surface area contributed by atoms with Gasteiger partial charge in [0.2, 0.25) is 0 Å². The fourth-order valence-electron chi connectivity index (χ4n) is 3.35. The predicted octanol–water partition coefficient (Wildman–Crippen LogP) is 3.91. The van der Waals surface area contributed by atoms with Crippen molar-refractivity contribution in [3.8, 4) is 16.9 Å².